The summed E-state index contributed by atoms with van der Waals surface area (Å²) in [7, 11) is 0. The number of piperazine rings is 1. The van der Waals surface area contributed by atoms with Crippen molar-refractivity contribution in [2.75, 3.05) is 19.7 Å². The van der Waals surface area contributed by atoms with Gasteiger partial charge in [0, 0.05) is 31.6 Å². The lowest BCUT2D eigenvalue weighted by molar-refractivity contribution is -0.170. The summed E-state index contributed by atoms with van der Waals surface area (Å²) >= 11 is 0. The number of benzene rings is 1. The van der Waals surface area contributed by atoms with Gasteiger partial charge in [0.25, 0.3) is 0 Å². The molecule has 2 amide bonds. The highest BCUT2D eigenvalue weighted by Gasteiger charge is 2.41. The molecule has 1 fully saturated rings. The van der Waals surface area contributed by atoms with E-state index in [1.807, 2.05) is 20.8 Å². The molecular weight excluding hydrogens is 559 g/mol. The van der Waals surface area contributed by atoms with Crippen LogP contribution in [0.5, 0.6) is 0 Å². The highest BCUT2D eigenvalue weighted by atomic mass is 19.2. The number of nitrogens with one attached hydrogen (secondary N) is 1. The van der Waals surface area contributed by atoms with Gasteiger partial charge < -0.3 is 41.1 Å². The van der Waals surface area contributed by atoms with Crippen LogP contribution in [0.4, 0.5) is 13.2 Å². The Hall–Kier alpha value is -3.76. The summed E-state index contributed by atoms with van der Waals surface area (Å²) in [4.78, 5) is 56.7. The topological polar surface area (TPSA) is 217 Å². The molecule has 16 heteroatoms. The minimum atomic E-state index is -2.74. The van der Waals surface area contributed by atoms with Crippen LogP contribution >= 0.6 is 0 Å². The second kappa shape index (κ2) is 14.7. The maximum atomic E-state index is 13.8. The molecule has 1 aromatic carbocycles. The van der Waals surface area contributed by atoms with E-state index in [2.05, 4.69) is 5.32 Å². The van der Waals surface area contributed by atoms with Crippen molar-refractivity contribution >= 4 is 29.7 Å². The molecule has 0 spiro atoms. The number of halogens is 3. The zero-order valence-corrected chi connectivity index (χ0v) is 22.7. The lowest BCUT2D eigenvalue weighted by atomic mass is 9.96. The van der Waals surface area contributed by atoms with Gasteiger partial charge in [0.05, 0.1) is 25.0 Å². The number of aliphatic carboxylic acids is 3. The second-order valence-corrected chi connectivity index (χ2v) is 10.3. The van der Waals surface area contributed by atoms with Crippen molar-refractivity contribution in [2.45, 2.75) is 69.7 Å². The predicted molar refractivity (Wildman–Crippen MR) is 134 cm³/mol. The first-order valence-electron chi connectivity index (χ1n) is 12.2. The maximum absolute atomic E-state index is 13.8. The zero-order valence-electron chi connectivity index (χ0n) is 22.7. The lowest BCUT2D eigenvalue weighted by Crippen LogP contribution is -2.60. The first-order chi connectivity index (χ1) is 18.8. The van der Waals surface area contributed by atoms with Gasteiger partial charge in [-0.2, -0.15) is 0 Å². The Morgan fingerprint density at radius 1 is 1.05 bits per heavy atom. The van der Waals surface area contributed by atoms with Gasteiger partial charge in [0.15, 0.2) is 17.2 Å². The molecule has 0 radical (unpaired) electrons. The number of carbonyl (C=O) groups excluding carboxylic acids is 2. The van der Waals surface area contributed by atoms with E-state index in [0.29, 0.717) is 19.2 Å². The number of nitrogens with two attached hydrogens (primary N) is 1. The standard InChI is InChI=1S/C19H26F3N3O3.C6H8O7/c1-19(2,3)28-10-16-18(27)24-4-5-25(16)17(26)8-12(23)6-11-7-14(21)15(22)9-13(11)20;7-3(8)1-6(13,5(11)12)2-4(9)10/h7,9,12,16H,4-6,8,10,23H2,1-3H3,(H,24,27);13H,1-2H2,(H,7,8)(H,9,10)(H,11,12). The van der Waals surface area contributed by atoms with Crippen LogP contribution in [0.2, 0.25) is 0 Å². The summed E-state index contributed by atoms with van der Waals surface area (Å²) in [5.41, 5.74) is 2.61. The highest BCUT2D eigenvalue weighted by molar-refractivity contribution is 5.89. The third kappa shape index (κ3) is 11.7. The first-order valence-corrected chi connectivity index (χ1v) is 12.2. The van der Waals surface area contributed by atoms with Crippen molar-refractivity contribution in [3.8, 4) is 0 Å². The Balaban J connectivity index is 0.000000545. The minimum absolute atomic E-state index is 0.0358. The normalized spacial score (nSPS) is 16.2. The van der Waals surface area contributed by atoms with E-state index in [4.69, 9.17) is 30.9 Å². The molecule has 2 unspecified atom stereocenters. The number of carboxylic acids is 3. The molecule has 0 aromatic heterocycles. The van der Waals surface area contributed by atoms with Crippen molar-refractivity contribution < 1.29 is 62.3 Å². The molecule has 1 aliphatic rings. The van der Waals surface area contributed by atoms with E-state index >= 15 is 0 Å². The molecular formula is C25H34F3N3O10. The number of aliphatic hydroxyl groups is 1. The Morgan fingerprint density at radius 2 is 1.59 bits per heavy atom. The molecule has 2 rings (SSSR count). The first kappa shape index (κ1) is 35.3. The van der Waals surface area contributed by atoms with Gasteiger partial charge in [-0.1, -0.05) is 0 Å². The van der Waals surface area contributed by atoms with E-state index in [0.717, 1.165) is 6.07 Å². The number of nitrogens with zero attached hydrogens (tertiary/aromatic N) is 1. The number of rotatable bonds is 11. The molecule has 7 N–H and O–H groups in total. The smallest absolute Gasteiger partial charge is 0.336 e. The third-order valence-electron chi connectivity index (χ3n) is 5.62. The van der Waals surface area contributed by atoms with E-state index in [-0.39, 0.29) is 36.8 Å². The number of carboxylic acid groups (broad SMARTS) is 3. The molecule has 1 aromatic rings. The Bertz CT molecular complexity index is 1130. The molecule has 230 valence electrons. The van der Waals surface area contributed by atoms with Crippen LogP contribution in [0.15, 0.2) is 12.1 Å². The minimum Gasteiger partial charge on any atom is -0.481 e. The number of amides is 2. The van der Waals surface area contributed by atoms with Crippen molar-refractivity contribution in [1.29, 1.82) is 0 Å². The summed E-state index contributed by atoms with van der Waals surface area (Å²) in [6, 6.07) is -0.411. The van der Waals surface area contributed by atoms with Crippen LogP contribution in [0.3, 0.4) is 0 Å². The lowest BCUT2D eigenvalue weighted by Gasteiger charge is -2.36. The van der Waals surface area contributed by atoms with Gasteiger partial charge >= 0.3 is 17.9 Å². The van der Waals surface area contributed by atoms with Gasteiger partial charge in [-0.15, -0.1) is 0 Å². The summed E-state index contributed by atoms with van der Waals surface area (Å²) < 4.78 is 45.8. The summed E-state index contributed by atoms with van der Waals surface area (Å²) in [6.07, 6.45) is -2.60. The molecule has 1 saturated heterocycles. The van der Waals surface area contributed by atoms with Crippen molar-refractivity contribution in [1.82, 2.24) is 10.2 Å². The average molecular weight is 594 g/mol. The molecule has 1 heterocycles. The molecule has 13 nitrogen and oxygen atoms in total. The van der Waals surface area contributed by atoms with Crippen LogP contribution in [-0.2, 0) is 35.1 Å². The number of ether oxygens (including phenoxy) is 1. The van der Waals surface area contributed by atoms with Crippen LogP contribution in [0.25, 0.3) is 0 Å². The zero-order chi connectivity index (χ0) is 31.7. The van der Waals surface area contributed by atoms with Crippen LogP contribution in [0, 0.1) is 17.5 Å². The van der Waals surface area contributed by atoms with Gasteiger partial charge in [-0.3, -0.25) is 19.2 Å². The molecule has 0 bridgehead atoms. The van der Waals surface area contributed by atoms with Crippen LogP contribution in [0.1, 0.15) is 45.6 Å². The highest BCUT2D eigenvalue weighted by Crippen LogP contribution is 2.18. The van der Waals surface area contributed by atoms with Crippen molar-refractivity contribution in [3.05, 3.63) is 35.1 Å². The second-order valence-electron chi connectivity index (χ2n) is 10.3. The fraction of sp³-hybridized carbons (Fsp3) is 0.560. The number of hydrogen-bond acceptors (Lipinski definition) is 8. The molecule has 1 aliphatic heterocycles. The predicted octanol–water partition coefficient (Wildman–Crippen LogP) is 0.257. The summed E-state index contributed by atoms with van der Waals surface area (Å²) in [5.74, 6) is -9.10. The molecule has 0 saturated carbocycles. The number of carbonyl (C=O) groups is 5. The monoisotopic (exact) mass is 593 g/mol. The van der Waals surface area contributed by atoms with E-state index in [9.17, 15) is 37.1 Å². The maximum Gasteiger partial charge on any atom is 0.336 e. The van der Waals surface area contributed by atoms with Crippen LogP contribution in [-0.4, -0.2) is 98.0 Å². The molecule has 2 atom stereocenters. The van der Waals surface area contributed by atoms with Crippen molar-refractivity contribution in [3.63, 3.8) is 0 Å². The Morgan fingerprint density at radius 3 is 2.07 bits per heavy atom. The summed E-state index contributed by atoms with van der Waals surface area (Å²) in [5, 5.41) is 36.5. The average Bonchev–Trinajstić information content (AvgIpc) is 2.80. The third-order valence-corrected chi connectivity index (χ3v) is 5.62. The quantitative estimate of drug-likeness (QED) is 0.191. The van der Waals surface area contributed by atoms with Crippen molar-refractivity contribution in [2.24, 2.45) is 5.73 Å². The van der Waals surface area contributed by atoms with Crippen LogP contribution < -0.4 is 11.1 Å². The molecule has 41 heavy (non-hydrogen) atoms. The van der Waals surface area contributed by atoms with Gasteiger partial charge in [-0.25, -0.2) is 18.0 Å². The Labute approximate surface area is 233 Å². The van der Waals surface area contributed by atoms with Gasteiger partial charge in [-0.05, 0) is 38.8 Å². The largest absolute Gasteiger partial charge is 0.481 e. The fourth-order valence-corrected chi connectivity index (χ4v) is 3.64. The van der Waals surface area contributed by atoms with E-state index < -0.39 is 71.5 Å². The van der Waals surface area contributed by atoms with E-state index in [1.54, 1.807) is 0 Å². The van der Waals surface area contributed by atoms with Gasteiger partial charge in [0.2, 0.25) is 11.8 Å². The van der Waals surface area contributed by atoms with E-state index in [1.165, 1.54) is 4.90 Å². The SMILES string of the molecule is CC(C)(C)OCC1C(=O)NCCN1C(=O)CC(N)Cc1cc(F)c(F)cc1F.O=C(O)CC(O)(CC(=O)O)C(=O)O. The molecule has 0 aliphatic carbocycles. The fourth-order valence-electron chi connectivity index (χ4n) is 3.64. The van der Waals surface area contributed by atoms with Gasteiger partial charge in [0.1, 0.15) is 11.9 Å². The summed E-state index contributed by atoms with van der Waals surface area (Å²) in [6.45, 7) is 6.16. The Kier molecular flexibility index (Phi) is 12.7. The number of hydrogen-bond donors (Lipinski definition) is 6.